The number of rotatable bonds is 8. The molecule has 0 radical (unpaired) electrons. The van der Waals surface area contributed by atoms with Crippen molar-refractivity contribution in [3.05, 3.63) is 0 Å². The monoisotopic (exact) mass is 570 g/mol. The number of esters is 2. The van der Waals surface area contributed by atoms with Gasteiger partial charge in [0.1, 0.15) is 11.2 Å². The van der Waals surface area contributed by atoms with Crippen molar-refractivity contribution in [1.29, 1.82) is 0 Å². The number of ether oxygens (including phenoxy) is 2. The minimum absolute atomic E-state index is 0.00857. The largest absolute Gasteiger partial charge is 0.459 e. The van der Waals surface area contributed by atoms with E-state index >= 15 is 0 Å². The SMILES string of the molecule is CCC(C)(C)C(=O)OC(C)(C)C12CC3CC(CC(C3)C1)C2.CCC(C)(C)C(=O)OC1(CC)C2CC3CC(C2)CC1C3. The topological polar surface area (TPSA) is 52.6 Å². The van der Waals surface area contributed by atoms with Crippen LogP contribution < -0.4 is 0 Å². The van der Waals surface area contributed by atoms with E-state index in [2.05, 4.69) is 34.6 Å². The lowest BCUT2D eigenvalue weighted by molar-refractivity contribution is -0.218. The lowest BCUT2D eigenvalue weighted by Gasteiger charge is -2.61. The molecular formula is C37H62O4. The summed E-state index contributed by atoms with van der Waals surface area (Å²) in [7, 11) is 0. The predicted octanol–water partition coefficient (Wildman–Crippen LogP) is 9.53. The van der Waals surface area contributed by atoms with E-state index in [0.717, 1.165) is 48.9 Å². The van der Waals surface area contributed by atoms with Crippen LogP contribution in [-0.2, 0) is 19.1 Å². The van der Waals surface area contributed by atoms with Gasteiger partial charge in [0.15, 0.2) is 0 Å². The van der Waals surface area contributed by atoms with Crippen molar-refractivity contribution in [2.75, 3.05) is 0 Å². The zero-order valence-electron chi connectivity index (χ0n) is 28.1. The van der Waals surface area contributed by atoms with Crippen LogP contribution in [-0.4, -0.2) is 23.1 Å². The van der Waals surface area contributed by atoms with Crippen LogP contribution in [0.15, 0.2) is 0 Å². The van der Waals surface area contributed by atoms with Gasteiger partial charge in [0.05, 0.1) is 10.8 Å². The van der Waals surface area contributed by atoms with Gasteiger partial charge in [-0.15, -0.1) is 0 Å². The average Bonchev–Trinajstić information content (AvgIpc) is 2.89. The van der Waals surface area contributed by atoms with Crippen LogP contribution >= 0.6 is 0 Å². The lowest BCUT2D eigenvalue weighted by Crippen LogP contribution is -2.60. The molecule has 0 atom stereocenters. The lowest BCUT2D eigenvalue weighted by atomic mass is 9.46. The average molecular weight is 571 g/mol. The number of hydrogen-bond acceptors (Lipinski definition) is 4. The Bertz CT molecular complexity index is 924. The molecule has 0 unspecified atom stereocenters. The fraction of sp³-hybridized carbons (Fsp3) is 0.946. The summed E-state index contributed by atoms with van der Waals surface area (Å²) in [4.78, 5) is 25.2. The minimum atomic E-state index is -0.362. The summed E-state index contributed by atoms with van der Waals surface area (Å²) >= 11 is 0. The summed E-state index contributed by atoms with van der Waals surface area (Å²) in [6, 6.07) is 0. The molecule has 0 aliphatic heterocycles. The highest BCUT2D eigenvalue weighted by atomic mass is 16.6. The van der Waals surface area contributed by atoms with E-state index in [0.29, 0.717) is 11.8 Å². The maximum Gasteiger partial charge on any atom is 0.312 e. The van der Waals surface area contributed by atoms with Gasteiger partial charge in [0, 0.05) is 5.41 Å². The standard InChI is InChI=1S/C19H32O2.C18H30O2/c1-6-17(2,3)16(20)21-18(4,5)19-10-13-7-14(11-19)9-15(8-13)12-19;1-5-17(3,4)16(19)20-18(6-2)14-8-12-7-13(10-14)11-15(18)9-12/h13-15H,6-12H2,1-5H3;12-15H,5-11H2,1-4H3. The molecule has 8 aliphatic rings. The predicted molar refractivity (Wildman–Crippen MR) is 165 cm³/mol. The van der Waals surface area contributed by atoms with Crippen molar-refractivity contribution in [3.8, 4) is 0 Å². The van der Waals surface area contributed by atoms with E-state index in [-0.39, 0.29) is 39.4 Å². The van der Waals surface area contributed by atoms with Gasteiger partial charge in [0.2, 0.25) is 0 Å². The van der Waals surface area contributed by atoms with Gasteiger partial charge in [-0.2, -0.15) is 0 Å². The van der Waals surface area contributed by atoms with Crippen LogP contribution in [0, 0.1) is 57.7 Å². The molecule has 0 N–H and O–H groups in total. The van der Waals surface area contributed by atoms with Crippen molar-refractivity contribution in [2.45, 2.75) is 163 Å². The summed E-state index contributed by atoms with van der Waals surface area (Å²) in [5.41, 5.74) is -0.888. The van der Waals surface area contributed by atoms with E-state index in [1.165, 1.54) is 70.6 Å². The van der Waals surface area contributed by atoms with Crippen LogP contribution in [0.2, 0.25) is 0 Å². The van der Waals surface area contributed by atoms with Gasteiger partial charge in [0.25, 0.3) is 0 Å². The van der Waals surface area contributed by atoms with Gasteiger partial charge in [-0.3, -0.25) is 9.59 Å². The molecule has 8 saturated carbocycles. The molecule has 234 valence electrons. The molecule has 41 heavy (non-hydrogen) atoms. The Morgan fingerprint density at radius 2 is 1.00 bits per heavy atom. The molecule has 0 aromatic rings. The zero-order chi connectivity index (χ0) is 30.0. The molecule has 0 aromatic carbocycles. The van der Waals surface area contributed by atoms with E-state index in [1.54, 1.807) is 0 Å². The Kier molecular flexibility index (Phi) is 8.29. The van der Waals surface area contributed by atoms with Gasteiger partial charge < -0.3 is 9.47 Å². The molecule has 0 heterocycles. The Morgan fingerprint density at radius 1 is 0.610 bits per heavy atom. The molecular weight excluding hydrogens is 508 g/mol. The summed E-state index contributed by atoms with van der Waals surface area (Å²) in [5.74, 6) is 5.85. The third-order valence-electron chi connectivity index (χ3n) is 13.9. The summed E-state index contributed by atoms with van der Waals surface area (Å²) in [6.45, 7) is 18.8. The van der Waals surface area contributed by atoms with E-state index < -0.39 is 0 Å². The number of carbonyl (C=O) groups excluding carboxylic acids is 2. The quantitative estimate of drug-likeness (QED) is 0.273. The highest BCUT2D eigenvalue weighted by Crippen LogP contribution is 2.64. The first-order valence-electron chi connectivity index (χ1n) is 17.6. The van der Waals surface area contributed by atoms with Crippen molar-refractivity contribution in [3.63, 3.8) is 0 Å². The van der Waals surface area contributed by atoms with Crippen LogP contribution in [0.25, 0.3) is 0 Å². The Morgan fingerprint density at radius 3 is 1.39 bits per heavy atom. The second-order valence-electron chi connectivity index (χ2n) is 17.6. The van der Waals surface area contributed by atoms with Crippen molar-refractivity contribution >= 4 is 11.9 Å². The first kappa shape index (κ1) is 31.4. The van der Waals surface area contributed by atoms with Gasteiger partial charge in [-0.05, 0) is 173 Å². The Labute approximate surface area is 251 Å². The summed E-state index contributed by atoms with van der Waals surface area (Å²) in [6.07, 6.45) is 17.5. The second-order valence-corrected chi connectivity index (χ2v) is 17.6. The van der Waals surface area contributed by atoms with E-state index in [1.807, 2.05) is 27.7 Å². The summed E-state index contributed by atoms with van der Waals surface area (Å²) in [5, 5.41) is 0. The smallest absolute Gasteiger partial charge is 0.312 e. The van der Waals surface area contributed by atoms with Crippen molar-refractivity contribution < 1.29 is 19.1 Å². The first-order chi connectivity index (χ1) is 19.1. The third-order valence-corrected chi connectivity index (χ3v) is 13.9. The van der Waals surface area contributed by atoms with Crippen molar-refractivity contribution in [2.24, 2.45) is 57.7 Å². The fourth-order valence-corrected chi connectivity index (χ4v) is 10.7. The zero-order valence-corrected chi connectivity index (χ0v) is 28.1. The molecule has 0 aromatic heterocycles. The second kappa shape index (κ2) is 10.8. The summed E-state index contributed by atoms with van der Waals surface area (Å²) < 4.78 is 12.4. The Hall–Kier alpha value is -1.06. The van der Waals surface area contributed by atoms with Gasteiger partial charge >= 0.3 is 11.9 Å². The molecule has 4 nitrogen and oxygen atoms in total. The van der Waals surface area contributed by atoms with Gasteiger partial charge in [-0.25, -0.2) is 0 Å². The molecule has 8 bridgehead atoms. The van der Waals surface area contributed by atoms with Crippen LogP contribution in [0.4, 0.5) is 0 Å². The highest BCUT2D eigenvalue weighted by Gasteiger charge is 2.60. The maximum atomic E-state index is 12.6. The molecule has 0 saturated heterocycles. The molecule has 8 rings (SSSR count). The number of hydrogen-bond donors (Lipinski definition) is 0. The van der Waals surface area contributed by atoms with Gasteiger partial charge in [-0.1, -0.05) is 20.8 Å². The molecule has 4 heteroatoms. The fourth-order valence-electron chi connectivity index (χ4n) is 10.7. The van der Waals surface area contributed by atoms with E-state index in [9.17, 15) is 9.59 Å². The minimum Gasteiger partial charge on any atom is -0.459 e. The van der Waals surface area contributed by atoms with Crippen molar-refractivity contribution in [1.82, 2.24) is 0 Å². The van der Waals surface area contributed by atoms with E-state index in [4.69, 9.17) is 9.47 Å². The third kappa shape index (κ3) is 5.54. The molecule has 8 aliphatic carbocycles. The normalized spacial score (nSPS) is 40.7. The first-order valence-corrected chi connectivity index (χ1v) is 17.6. The Balaban J connectivity index is 0.000000165. The molecule has 0 spiro atoms. The van der Waals surface area contributed by atoms with Crippen LogP contribution in [0.1, 0.15) is 152 Å². The van der Waals surface area contributed by atoms with Crippen LogP contribution in [0.5, 0.6) is 0 Å². The molecule has 0 amide bonds. The number of carbonyl (C=O) groups is 2. The van der Waals surface area contributed by atoms with Crippen LogP contribution in [0.3, 0.4) is 0 Å². The maximum absolute atomic E-state index is 12.6. The molecule has 8 fully saturated rings. The highest BCUT2D eigenvalue weighted by molar-refractivity contribution is 5.76.